The second-order valence-electron chi connectivity index (χ2n) is 4.17. The summed E-state index contributed by atoms with van der Waals surface area (Å²) in [4.78, 5) is 0. The maximum atomic E-state index is 5.78. The van der Waals surface area contributed by atoms with E-state index in [9.17, 15) is 0 Å². The third-order valence-corrected chi connectivity index (χ3v) is 2.39. The summed E-state index contributed by atoms with van der Waals surface area (Å²) < 4.78 is 5.78. The first-order valence-electron chi connectivity index (χ1n) is 4.81. The van der Waals surface area contributed by atoms with Gasteiger partial charge >= 0.3 is 0 Å². The summed E-state index contributed by atoms with van der Waals surface area (Å²) in [7, 11) is -1.35. The van der Waals surface area contributed by atoms with E-state index in [0.717, 1.165) is 12.2 Å². The average molecular weight is 186 g/mol. The Morgan fingerprint density at radius 2 is 1.92 bits per heavy atom. The summed E-state index contributed by atoms with van der Waals surface area (Å²) in [5, 5.41) is 0. The van der Waals surface area contributed by atoms with Gasteiger partial charge < -0.3 is 4.43 Å². The fourth-order valence-corrected chi connectivity index (χ4v) is 2.08. The first-order chi connectivity index (χ1) is 5.45. The van der Waals surface area contributed by atoms with Crippen molar-refractivity contribution in [2.45, 2.75) is 52.8 Å². The summed E-state index contributed by atoms with van der Waals surface area (Å²) in [6.07, 6.45) is 5.90. The van der Waals surface area contributed by atoms with Crippen LogP contribution in [-0.2, 0) is 4.43 Å². The normalized spacial score (nSPS) is 13.2. The van der Waals surface area contributed by atoms with Gasteiger partial charge in [0.05, 0.1) is 5.76 Å². The molecule has 12 heavy (non-hydrogen) atoms. The zero-order valence-electron chi connectivity index (χ0n) is 9.11. The summed E-state index contributed by atoms with van der Waals surface area (Å²) in [5.41, 5.74) is 0. The van der Waals surface area contributed by atoms with Gasteiger partial charge in [-0.2, -0.15) is 0 Å². The summed E-state index contributed by atoms with van der Waals surface area (Å²) in [6, 6.07) is 0. The minimum atomic E-state index is -1.35. The molecule has 0 atom stereocenters. The molecule has 0 radical (unpaired) electrons. The molecule has 0 aromatic carbocycles. The van der Waals surface area contributed by atoms with Crippen molar-refractivity contribution < 1.29 is 4.43 Å². The highest BCUT2D eigenvalue weighted by Crippen LogP contribution is 2.10. The highest BCUT2D eigenvalue weighted by molar-refractivity contribution is 6.70. The monoisotopic (exact) mass is 186 g/mol. The lowest BCUT2D eigenvalue weighted by atomic mass is 10.2. The number of rotatable bonds is 5. The van der Waals surface area contributed by atoms with Crippen molar-refractivity contribution in [2.75, 3.05) is 0 Å². The third kappa shape index (κ3) is 7.86. The molecule has 0 aliphatic heterocycles. The van der Waals surface area contributed by atoms with E-state index in [1.54, 1.807) is 0 Å². The molecule has 0 amide bonds. The van der Waals surface area contributed by atoms with Gasteiger partial charge in [0.25, 0.3) is 0 Å². The van der Waals surface area contributed by atoms with Gasteiger partial charge in [0.2, 0.25) is 8.32 Å². The predicted molar refractivity (Wildman–Crippen MR) is 57.7 cm³/mol. The number of hydrogen-bond donors (Lipinski definition) is 0. The minimum Gasteiger partial charge on any atom is -0.548 e. The van der Waals surface area contributed by atoms with Gasteiger partial charge in [-0.25, -0.2) is 0 Å². The lowest BCUT2D eigenvalue weighted by Gasteiger charge is -2.19. The molecule has 0 saturated carbocycles. The Morgan fingerprint density at radius 1 is 1.33 bits per heavy atom. The lowest BCUT2D eigenvalue weighted by Crippen LogP contribution is -2.24. The van der Waals surface area contributed by atoms with E-state index < -0.39 is 8.32 Å². The molecule has 0 spiro atoms. The first-order valence-corrected chi connectivity index (χ1v) is 8.22. The van der Waals surface area contributed by atoms with Crippen molar-refractivity contribution in [3.63, 3.8) is 0 Å². The zero-order valence-corrected chi connectivity index (χ0v) is 10.1. The van der Waals surface area contributed by atoms with Crippen LogP contribution in [0, 0.1) is 0 Å². The van der Waals surface area contributed by atoms with Crippen LogP contribution in [-0.4, -0.2) is 8.32 Å². The Kier molecular flexibility index (Phi) is 5.30. The Balaban J connectivity index is 3.70. The summed E-state index contributed by atoms with van der Waals surface area (Å²) in [5.74, 6) is 1.11. The molecular weight excluding hydrogens is 164 g/mol. The number of allylic oxidation sites excluding steroid dienone is 2. The van der Waals surface area contributed by atoms with E-state index in [-0.39, 0.29) is 0 Å². The second kappa shape index (κ2) is 5.41. The van der Waals surface area contributed by atoms with Crippen LogP contribution in [0.4, 0.5) is 0 Å². The topological polar surface area (TPSA) is 9.23 Å². The van der Waals surface area contributed by atoms with Crippen LogP contribution in [0.5, 0.6) is 0 Å². The van der Waals surface area contributed by atoms with Crippen molar-refractivity contribution >= 4 is 8.32 Å². The molecule has 0 saturated heterocycles. The highest BCUT2D eigenvalue weighted by atomic mass is 28.4. The van der Waals surface area contributed by atoms with Gasteiger partial charge in [-0.1, -0.05) is 13.3 Å². The molecule has 2 heteroatoms. The van der Waals surface area contributed by atoms with Crippen molar-refractivity contribution in [3.8, 4) is 0 Å². The fraction of sp³-hybridized carbons (Fsp3) is 0.800. The second-order valence-corrected chi connectivity index (χ2v) is 8.60. The van der Waals surface area contributed by atoms with Gasteiger partial charge in [0.15, 0.2) is 0 Å². The molecule has 0 aliphatic rings. The van der Waals surface area contributed by atoms with Crippen LogP contribution < -0.4 is 0 Å². The Hall–Kier alpha value is -0.243. The first kappa shape index (κ1) is 11.8. The molecule has 0 fully saturated rings. The quantitative estimate of drug-likeness (QED) is 0.359. The molecule has 0 aromatic heterocycles. The predicted octanol–water partition coefficient (Wildman–Crippen LogP) is 3.93. The standard InChI is InChI=1S/C10H22OSi/c1-6-7-8-9-10(2)11-12(3,4)5/h9H,6-8H2,1-5H3. The molecule has 0 heterocycles. The Morgan fingerprint density at radius 3 is 2.33 bits per heavy atom. The fourth-order valence-electron chi connectivity index (χ4n) is 1.03. The molecule has 0 aromatic rings. The van der Waals surface area contributed by atoms with Crippen molar-refractivity contribution in [1.29, 1.82) is 0 Å². The van der Waals surface area contributed by atoms with E-state index in [1.807, 2.05) is 0 Å². The van der Waals surface area contributed by atoms with E-state index in [1.165, 1.54) is 12.8 Å². The van der Waals surface area contributed by atoms with E-state index in [4.69, 9.17) is 4.43 Å². The lowest BCUT2D eigenvalue weighted by molar-refractivity contribution is 0.421. The van der Waals surface area contributed by atoms with Crippen LogP contribution in [0.2, 0.25) is 19.6 Å². The van der Waals surface area contributed by atoms with Crippen molar-refractivity contribution in [2.24, 2.45) is 0 Å². The zero-order chi connectivity index (χ0) is 9.61. The largest absolute Gasteiger partial charge is 0.548 e. The maximum Gasteiger partial charge on any atom is 0.241 e. The van der Waals surface area contributed by atoms with Crippen LogP contribution in [0.25, 0.3) is 0 Å². The summed E-state index contributed by atoms with van der Waals surface area (Å²) in [6.45, 7) is 10.9. The SMILES string of the molecule is CCCCC=C(C)O[Si](C)(C)C. The van der Waals surface area contributed by atoms with Gasteiger partial charge in [-0.3, -0.25) is 0 Å². The third-order valence-electron chi connectivity index (χ3n) is 1.46. The molecular formula is C10H22OSi. The molecule has 0 N–H and O–H groups in total. The van der Waals surface area contributed by atoms with Gasteiger partial charge in [0, 0.05) is 0 Å². The van der Waals surface area contributed by atoms with E-state index in [0.29, 0.717) is 0 Å². The molecule has 0 unspecified atom stereocenters. The molecule has 0 aliphatic carbocycles. The molecule has 72 valence electrons. The van der Waals surface area contributed by atoms with Crippen molar-refractivity contribution in [3.05, 3.63) is 11.8 Å². The van der Waals surface area contributed by atoms with E-state index in [2.05, 4.69) is 39.6 Å². The van der Waals surface area contributed by atoms with Gasteiger partial charge in [0.1, 0.15) is 0 Å². The van der Waals surface area contributed by atoms with E-state index >= 15 is 0 Å². The van der Waals surface area contributed by atoms with Gasteiger partial charge in [-0.15, -0.1) is 0 Å². The van der Waals surface area contributed by atoms with Crippen LogP contribution >= 0.6 is 0 Å². The summed E-state index contributed by atoms with van der Waals surface area (Å²) >= 11 is 0. The number of hydrogen-bond acceptors (Lipinski definition) is 1. The van der Waals surface area contributed by atoms with Crippen molar-refractivity contribution in [1.82, 2.24) is 0 Å². The number of unbranched alkanes of at least 4 members (excludes halogenated alkanes) is 2. The Labute approximate surface area is 78.0 Å². The molecule has 0 bridgehead atoms. The average Bonchev–Trinajstić information content (AvgIpc) is 1.84. The van der Waals surface area contributed by atoms with Crippen LogP contribution in [0.1, 0.15) is 33.1 Å². The highest BCUT2D eigenvalue weighted by Gasteiger charge is 2.15. The molecule has 1 nitrogen and oxygen atoms in total. The Bertz CT molecular complexity index is 144. The van der Waals surface area contributed by atoms with Gasteiger partial charge in [-0.05, 0) is 45.5 Å². The maximum absolute atomic E-state index is 5.78. The smallest absolute Gasteiger partial charge is 0.241 e. The van der Waals surface area contributed by atoms with Crippen LogP contribution in [0.15, 0.2) is 11.8 Å². The minimum absolute atomic E-state index is 1.11. The van der Waals surface area contributed by atoms with Crippen LogP contribution in [0.3, 0.4) is 0 Å². The molecule has 0 rings (SSSR count).